The second kappa shape index (κ2) is 10.1. The van der Waals surface area contributed by atoms with E-state index in [-0.39, 0.29) is 48.7 Å². The average Bonchev–Trinajstić information content (AvgIpc) is 3.74. The van der Waals surface area contributed by atoms with Gasteiger partial charge in [0.15, 0.2) is 0 Å². The fourth-order valence-corrected chi connectivity index (χ4v) is 5.46. The number of nitrogens with one attached hydrogen (secondary N) is 4. The van der Waals surface area contributed by atoms with Crippen LogP contribution in [0.1, 0.15) is 28.2 Å². The summed E-state index contributed by atoms with van der Waals surface area (Å²) in [7, 11) is 0. The Balaban J connectivity index is 1.27. The Morgan fingerprint density at radius 1 is 1.27 bits per heavy atom. The number of hydrogen-bond acceptors (Lipinski definition) is 7. The highest BCUT2D eigenvalue weighted by Gasteiger charge is 2.56. The molecule has 1 fully saturated rings. The molecule has 41 heavy (non-hydrogen) atoms. The maximum absolute atomic E-state index is 14.2. The largest absolute Gasteiger partial charge is 0.372 e. The molecule has 6 rings (SSSR count). The molecule has 4 N–H and O–H groups in total. The van der Waals surface area contributed by atoms with Gasteiger partial charge in [0, 0.05) is 30.1 Å². The summed E-state index contributed by atoms with van der Waals surface area (Å²) in [6, 6.07) is 9.90. The van der Waals surface area contributed by atoms with Gasteiger partial charge < -0.3 is 25.3 Å². The van der Waals surface area contributed by atoms with Crippen molar-refractivity contribution in [3.63, 3.8) is 0 Å². The number of aromatic amines is 2. The predicted molar refractivity (Wildman–Crippen MR) is 138 cm³/mol. The molecule has 12 nitrogen and oxygen atoms in total. The normalized spacial score (nSPS) is 20.2. The van der Waals surface area contributed by atoms with E-state index in [1.165, 1.54) is 17.2 Å². The van der Waals surface area contributed by atoms with Gasteiger partial charge >= 0.3 is 0 Å². The Morgan fingerprint density at radius 2 is 2.10 bits per heavy atom. The van der Waals surface area contributed by atoms with Crippen LogP contribution in [0.2, 0.25) is 0 Å². The van der Waals surface area contributed by atoms with Gasteiger partial charge in [0.2, 0.25) is 11.8 Å². The zero-order valence-corrected chi connectivity index (χ0v) is 21.3. The number of halogens is 2. The van der Waals surface area contributed by atoms with Crippen molar-refractivity contribution in [2.45, 2.75) is 30.5 Å². The minimum absolute atomic E-state index is 0.00125. The molecule has 0 unspecified atom stereocenters. The summed E-state index contributed by atoms with van der Waals surface area (Å²) < 4.78 is 33.6. The highest BCUT2D eigenvalue weighted by atomic mass is 19.1. The van der Waals surface area contributed by atoms with Gasteiger partial charge in [-0.2, -0.15) is 20.7 Å². The molecule has 14 heteroatoms. The van der Waals surface area contributed by atoms with Crippen molar-refractivity contribution < 1.29 is 27.9 Å². The number of H-pyrrole nitrogens is 2. The molecule has 3 atom stereocenters. The number of carbonyl (C=O) groups excluding carboxylic acids is 3. The lowest BCUT2D eigenvalue weighted by Gasteiger charge is -2.27. The monoisotopic (exact) mass is 560 g/mol. The molecule has 2 aliphatic heterocycles. The van der Waals surface area contributed by atoms with E-state index in [0.29, 0.717) is 23.0 Å². The molecule has 0 bridgehead atoms. The average molecular weight is 561 g/mol. The smallest absolute Gasteiger partial charge is 0.268 e. The van der Waals surface area contributed by atoms with Crippen LogP contribution >= 0.6 is 0 Å². The molecule has 4 heterocycles. The van der Waals surface area contributed by atoms with Crippen LogP contribution in [0.25, 0.3) is 10.9 Å². The fourth-order valence-electron chi connectivity index (χ4n) is 5.46. The third-order valence-corrected chi connectivity index (χ3v) is 7.42. The number of nitrogens with zero attached hydrogens (tertiary/aromatic N) is 4. The van der Waals surface area contributed by atoms with Crippen molar-refractivity contribution in [1.82, 2.24) is 30.6 Å². The number of likely N-dealkylation sites (tertiary alicyclic amines) is 1. The molecule has 2 aliphatic rings. The van der Waals surface area contributed by atoms with Crippen LogP contribution in [0.4, 0.5) is 14.5 Å². The van der Waals surface area contributed by atoms with Crippen LogP contribution in [0.15, 0.2) is 48.7 Å². The van der Waals surface area contributed by atoms with Gasteiger partial charge in [-0.15, -0.1) is 0 Å². The van der Waals surface area contributed by atoms with Crippen molar-refractivity contribution in [1.29, 1.82) is 5.26 Å². The molecular weight excluding hydrogens is 538 g/mol. The standard InChI is InChI=1S/C27H22F2N8O4/c28-14-5-19(29)17-7-22(32-21(17)6-14)24(38)33-23(12-41-11-15-10-31-36-35-15)25(39)37-13-27(8-16(37)9-30)18-3-1-2-4-20(18)34-26(27)40/h1-7,10,16,23,32H,8,11-13H2,(H,33,38)(H,34,40)(H,31,35,36)/t16-,23-,27-/m0/s1. The van der Waals surface area contributed by atoms with Gasteiger partial charge in [-0.1, -0.05) is 18.2 Å². The quantitative estimate of drug-likeness (QED) is 0.268. The van der Waals surface area contributed by atoms with E-state index in [9.17, 15) is 28.4 Å². The molecule has 1 saturated heterocycles. The summed E-state index contributed by atoms with van der Waals surface area (Å²) in [4.78, 5) is 44.2. The second-order valence-corrected chi connectivity index (χ2v) is 9.93. The van der Waals surface area contributed by atoms with Gasteiger partial charge in [-0.25, -0.2) is 8.78 Å². The Hall–Kier alpha value is -5.16. The van der Waals surface area contributed by atoms with E-state index in [0.717, 1.165) is 6.07 Å². The number of carbonyl (C=O) groups is 3. The van der Waals surface area contributed by atoms with Gasteiger partial charge in [0.1, 0.15) is 35.1 Å². The SMILES string of the molecule is N#C[C@@H]1C[C@@]2(CN1C(=O)[C@H](COCc1cn[nH]n1)NC(=O)c1cc3c(F)cc(F)cc3[nH]1)C(=O)Nc1ccccc12. The van der Waals surface area contributed by atoms with E-state index in [1.807, 2.05) is 0 Å². The Morgan fingerprint density at radius 3 is 2.88 bits per heavy atom. The van der Waals surface area contributed by atoms with Crippen LogP contribution in [0.5, 0.6) is 0 Å². The number of anilines is 1. The number of benzene rings is 2. The van der Waals surface area contributed by atoms with Crippen molar-refractivity contribution in [3.05, 3.63) is 77.2 Å². The highest BCUT2D eigenvalue weighted by Crippen LogP contribution is 2.46. The third kappa shape index (κ3) is 4.55. The molecule has 4 aromatic rings. The van der Waals surface area contributed by atoms with Crippen LogP contribution < -0.4 is 10.6 Å². The lowest BCUT2D eigenvalue weighted by Crippen LogP contribution is -2.53. The number of rotatable bonds is 7. The summed E-state index contributed by atoms with van der Waals surface area (Å²) in [6.07, 6.45) is 1.51. The number of fused-ring (bicyclic) bond motifs is 3. The second-order valence-electron chi connectivity index (χ2n) is 9.93. The number of aromatic nitrogens is 4. The molecular formula is C27H22F2N8O4. The molecule has 2 aromatic carbocycles. The molecule has 0 radical (unpaired) electrons. The van der Waals surface area contributed by atoms with E-state index in [1.54, 1.807) is 24.3 Å². The van der Waals surface area contributed by atoms with Gasteiger partial charge in [0.05, 0.1) is 36.4 Å². The topological polar surface area (TPSA) is 169 Å². The summed E-state index contributed by atoms with van der Waals surface area (Å²) >= 11 is 0. The van der Waals surface area contributed by atoms with E-state index >= 15 is 0 Å². The first-order valence-electron chi connectivity index (χ1n) is 12.6. The number of amides is 3. The Labute approximate surface area is 230 Å². The molecule has 2 aromatic heterocycles. The molecule has 1 spiro atoms. The number of ether oxygens (including phenoxy) is 1. The minimum atomic E-state index is -1.30. The lowest BCUT2D eigenvalue weighted by molar-refractivity contribution is -0.135. The van der Waals surface area contributed by atoms with Gasteiger partial charge in [0.25, 0.3) is 5.91 Å². The van der Waals surface area contributed by atoms with Crippen molar-refractivity contribution in [3.8, 4) is 6.07 Å². The first-order valence-corrected chi connectivity index (χ1v) is 12.6. The maximum atomic E-state index is 14.2. The Kier molecular flexibility index (Phi) is 6.43. The maximum Gasteiger partial charge on any atom is 0.268 e. The molecule has 3 amide bonds. The third-order valence-electron chi connectivity index (χ3n) is 7.42. The highest BCUT2D eigenvalue weighted by molar-refractivity contribution is 6.07. The van der Waals surface area contributed by atoms with Crippen LogP contribution in [0, 0.1) is 23.0 Å². The van der Waals surface area contributed by atoms with Gasteiger partial charge in [-0.3, -0.25) is 14.4 Å². The van der Waals surface area contributed by atoms with Gasteiger partial charge in [-0.05, 0) is 23.8 Å². The summed E-state index contributed by atoms with van der Waals surface area (Å²) in [5, 5.41) is 25.4. The van der Waals surface area contributed by atoms with E-state index < -0.39 is 40.9 Å². The molecule has 208 valence electrons. The summed E-state index contributed by atoms with van der Waals surface area (Å²) in [5.41, 5.74) is 0.585. The van der Waals surface area contributed by atoms with Crippen LogP contribution in [-0.2, 0) is 26.3 Å². The lowest BCUT2D eigenvalue weighted by atomic mass is 9.80. The van der Waals surface area contributed by atoms with E-state index in [4.69, 9.17) is 4.74 Å². The number of para-hydroxylation sites is 1. The number of nitriles is 1. The molecule has 0 saturated carbocycles. The minimum Gasteiger partial charge on any atom is -0.372 e. The fraction of sp³-hybridized carbons (Fsp3) is 0.259. The zero-order valence-electron chi connectivity index (χ0n) is 21.3. The van der Waals surface area contributed by atoms with Crippen LogP contribution in [-0.4, -0.2) is 68.3 Å². The van der Waals surface area contributed by atoms with E-state index in [2.05, 4.69) is 37.1 Å². The summed E-state index contributed by atoms with van der Waals surface area (Å²) in [5.74, 6) is -3.41. The van der Waals surface area contributed by atoms with Crippen LogP contribution in [0.3, 0.4) is 0 Å². The van der Waals surface area contributed by atoms with Crippen molar-refractivity contribution >= 4 is 34.3 Å². The predicted octanol–water partition coefficient (Wildman–Crippen LogP) is 1.89. The Bertz CT molecular complexity index is 1720. The van der Waals surface area contributed by atoms with Crippen molar-refractivity contribution in [2.75, 3.05) is 18.5 Å². The first kappa shape index (κ1) is 26.1. The zero-order chi connectivity index (χ0) is 28.7. The first-order chi connectivity index (χ1) is 19.8. The summed E-state index contributed by atoms with van der Waals surface area (Å²) in [6.45, 7) is -0.432. The van der Waals surface area contributed by atoms with Crippen molar-refractivity contribution in [2.24, 2.45) is 0 Å². The number of hydrogen-bond donors (Lipinski definition) is 4. The molecule has 0 aliphatic carbocycles.